The maximum atomic E-state index is 12.0. The highest BCUT2D eigenvalue weighted by Gasteiger charge is 2.21. The van der Waals surface area contributed by atoms with Crippen molar-refractivity contribution in [1.29, 1.82) is 0 Å². The predicted octanol–water partition coefficient (Wildman–Crippen LogP) is 0.477. The fraction of sp³-hybridized carbons (Fsp3) is 0.667. The van der Waals surface area contributed by atoms with Crippen molar-refractivity contribution < 1.29 is 18.7 Å². The first kappa shape index (κ1) is 9.07. The molecule has 0 saturated heterocycles. The van der Waals surface area contributed by atoms with E-state index < -0.39 is 17.9 Å². The Labute approximate surface area is 58.2 Å². The molecule has 0 saturated carbocycles. The predicted molar refractivity (Wildman–Crippen MR) is 32.2 cm³/mol. The molecule has 0 spiro atoms. The highest BCUT2D eigenvalue weighted by atomic mass is 19.1. The van der Waals surface area contributed by atoms with Gasteiger partial charge in [-0.25, -0.2) is 9.18 Å². The molecular formula is C6H9FO3. The third kappa shape index (κ3) is 2.57. The number of ether oxygens (including phenoxy) is 1. The Bertz CT molecular complexity index is 142. The van der Waals surface area contributed by atoms with E-state index in [1.54, 1.807) is 6.92 Å². The van der Waals surface area contributed by atoms with E-state index in [1.807, 2.05) is 0 Å². The van der Waals surface area contributed by atoms with Crippen molar-refractivity contribution in [2.45, 2.75) is 20.0 Å². The van der Waals surface area contributed by atoms with Crippen LogP contribution in [0.4, 0.5) is 4.39 Å². The van der Waals surface area contributed by atoms with Gasteiger partial charge in [0.2, 0.25) is 0 Å². The smallest absolute Gasteiger partial charge is 0.377 e. The van der Waals surface area contributed by atoms with E-state index >= 15 is 0 Å². The first-order chi connectivity index (χ1) is 4.59. The lowest BCUT2D eigenvalue weighted by atomic mass is 10.3. The van der Waals surface area contributed by atoms with Gasteiger partial charge in [0.15, 0.2) is 6.17 Å². The molecule has 1 atom stereocenters. The van der Waals surface area contributed by atoms with E-state index in [9.17, 15) is 14.0 Å². The Morgan fingerprint density at radius 3 is 2.40 bits per heavy atom. The highest BCUT2D eigenvalue weighted by Crippen LogP contribution is 1.92. The Morgan fingerprint density at radius 2 is 2.10 bits per heavy atom. The molecule has 4 heteroatoms. The molecule has 0 bridgehead atoms. The van der Waals surface area contributed by atoms with Crippen LogP contribution in [0.3, 0.4) is 0 Å². The van der Waals surface area contributed by atoms with E-state index in [0.717, 1.165) is 6.92 Å². The molecule has 0 aromatic rings. The molecule has 0 N–H and O–H groups in total. The summed E-state index contributed by atoms with van der Waals surface area (Å²) in [4.78, 5) is 20.8. The molecule has 0 rings (SSSR count). The molecule has 0 heterocycles. The number of carbonyl (C=O) groups is 2. The maximum Gasteiger partial charge on any atom is 0.377 e. The van der Waals surface area contributed by atoms with Gasteiger partial charge >= 0.3 is 5.97 Å². The van der Waals surface area contributed by atoms with Crippen LogP contribution in [-0.2, 0) is 14.3 Å². The molecule has 0 aliphatic carbocycles. The second-order valence-corrected chi connectivity index (χ2v) is 1.70. The zero-order valence-electron chi connectivity index (χ0n) is 5.89. The minimum Gasteiger partial charge on any atom is -0.460 e. The summed E-state index contributed by atoms with van der Waals surface area (Å²) in [6.07, 6.45) is -1.76. The van der Waals surface area contributed by atoms with Gasteiger partial charge in [-0.1, -0.05) is 0 Å². The molecule has 10 heavy (non-hydrogen) atoms. The Kier molecular flexibility index (Phi) is 3.61. The fourth-order valence-corrected chi connectivity index (χ4v) is 0.365. The van der Waals surface area contributed by atoms with Gasteiger partial charge < -0.3 is 4.74 Å². The van der Waals surface area contributed by atoms with Crippen LogP contribution in [0, 0.1) is 0 Å². The van der Waals surface area contributed by atoms with E-state index in [4.69, 9.17) is 0 Å². The number of rotatable bonds is 3. The first-order valence-electron chi connectivity index (χ1n) is 2.94. The van der Waals surface area contributed by atoms with Gasteiger partial charge in [0.25, 0.3) is 5.78 Å². The quantitative estimate of drug-likeness (QED) is 0.431. The molecule has 58 valence electrons. The molecular weight excluding hydrogens is 139 g/mol. The van der Waals surface area contributed by atoms with Crippen LogP contribution in [0.15, 0.2) is 0 Å². The third-order valence-corrected chi connectivity index (χ3v) is 0.838. The Hall–Kier alpha value is -0.930. The number of halogens is 1. The van der Waals surface area contributed by atoms with Crippen LogP contribution in [-0.4, -0.2) is 24.5 Å². The Balaban J connectivity index is 3.83. The number of alkyl halides is 1. The van der Waals surface area contributed by atoms with Crippen molar-refractivity contribution in [3.63, 3.8) is 0 Å². The number of Topliss-reactive ketones (excluding diaryl/α,β-unsaturated/α-hetero) is 1. The summed E-state index contributed by atoms with van der Waals surface area (Å²) in [5.74, 6) is -2.22. The second-order valence-electron chi connectivity index (χ2n) is 1.70. The van der Waals surface area contributed by atoms with Crippen molar-refractivity contribution in [2.24, 2.45) is 0 Å². The zero-order chi connectivity index (χ0) is 8.15. The molecule has 3 nitrogen and oxygen atoms in total. The number of carbonyl (C=O) groups excluding carboxylic acids is 2. The summed E-state index contributed by atoms with van der Waals surface area (Å²) in [6, 6.07) is 0. The van der Waals surface area contributed by atoms with Crippen LogP contribution < -0.4 is 0 Å². The van der Waals surface area contributed by atoms with Crippen LogP contribution in [0.2, 0.25) is 0 Å². The maximum absolute atomic E-state index is 12.0. The summed E-state index contributed by atoms with van der Waals surface area (Å²) in [6.45, 7) is 2.64. The van der Waals surface area contributed by atoms with Crippen molar-refractivity contribution >= 4 is 11.8 Å². The van der Waals surface area contributed by atoms with Gasteiger partial charge in [0.05, 0.1) is 6.61 Å². The van der Waals surface area contributed by atoms with Gasteiger partial charge in [-0.15, -0.1) is 0 Å². The summed E-state index contributed by atoms with van der Waals surface area (Å²) in [5, 5.41) is 0. The second kappa shape index (κ2) is 3.98. The average Bonchev–Trinajstić information content (AvgIpc) is 1.87. The van der Waals surface area contributed by atoms with E-state index in [0.29, 0.717) is 0 Å². The lowest BCUT2D eigenvalue weighted by Gasteiger charge is -1.99. The number of hydrogen-bond donors (Lipinski definition) is 0. The number of ketones is 1. The van der Waals surface area contributed by atoms with Crippen LogP contribution in [0.1, 0.15) is 13.8 Å². The molecule has 0 aliphatic heterocycles. The van der Waals surface area contributed by atoms with Crippen molar-refractivity contribution in [3.8, 4) is 0 Å². The lowest BCUT2D eigenvalue weighted by molar-refractivity contribution is -0.155. The SMILES string of the molecule is CCOC(=O)C(=O)C(C)F. The van der Waals surface area contributed by atoms with E-state index in [-0.39, 0.29) is 6.61 Å². The van der Waals surface area contributed by atoms with Gasteiger partial charge in [-0.05, 0) is 13.8 Å². The summed E-state index contributed by atoms with van der Waals surface area (Å²) < 4.78 is 16.3. The summed E-state index contributed by atoms with van der Waals surface area (Å²) >= 11 is 0. The van der Waals surface area contributed by atoms with Crippen molar-refractivity contribution in [3.05, 3.63) is 0 Å². The monoisotopic (exact) mass is 148 g/mol. The van der Waals surface area contributed by atoms with Crippen molar-refractivity contribution in [2.75, 3.05) is 6.61 Å². The molecule has 0 amide bonds. The normalized spacial score (nSPS) is 12.3. The van der Waals surface area contributed by atoms with Crippen LogP contribution in [0.5, 0.6) is 0 Å². The molecule has 0 aliphatic rings. The molecule has 0 fully saturated rings. The minimum atomic E-state index is -1.76. The lowest BCUT2D eigenvalue weighted by Crippen LogP contribution is -2.24. The van der Waals surface area contributed by atoms with Crippen LogP contribution >= 0.6 is 0 Å². The number of hydrogen-bond acceptors (Lipinski definition) is 3. The van der Waals surface area contributed by atoms with Crippen molar-refractivity contribution in [1.82, 2.24) is 0 Å². The van der Waals surface area contributed by atoms with Gasteiger partial charge in [-0.3, -0.25) is 4.79 Å². The largest absolute Gasteiger partial charge is 0.460 e. The van der Waals surface area contributed by atoms with E-state index in [2.05, 4.69) is 4.74 Å². The third-order valence-electron chi connectivity index (χ3n) is 0.838. The number of esters is 1. The van der Waals surface area contributed by atoms with E-state index in [1.165, 1.54) is 0 Å². The zero-order valence-corrected chi connectivity index (χ0v) is 5.89. The molecule has 1 unspecified atom stereocenters. The molecule has 0 aromatic heterocycles. The topological polar surface area (TPSA) is 43.4 Å². The average molecular weight is 148 g/mol. The Morgan fingerprint density at radius 1 is 1.60 bits per heavy atom. The first-order valence-corrected chi connectivity index (χ1v) is 2.94. The fourth-order valence-electron chi connectivity index (χ4n) is 0.365. The van der Waals surface area contributed by atoms with Gasteiger partial charge in [0.1, 0.15) is 0 Å². The molecule has 0 aromatic carbocycles. The molecule has 0 radical (unpaired) electrons. The van der Waals surface area contributed by atoms with Gasteiger partial charge in [0, 0.05) is 0 Å². The highest BCUT2D eigenvalue weighted by molar-refractivity contribution is 6.35. The summed E-state index contributed by atoms with van der Waals surface area (Å²) in [5.41, 5.74) is 0. The summed E-state index contributed by atoms with van der Waals surface area (Å²) in [7, 11) is 0. The minimum absolute atomic E-state index is 0.0945. The standard InChI is InChI=1S/C6H9FO3/c1-3-10-6(9)5(8)4(2)7/h4H,3H2,1-2H3. The van der Waals surface area contributed by atoms with Gasteiger partial charge in [-0.2, -0.15) is 0 Å². The van der Waals surface area contributed by atoms with Crippen LogP contribution in [0.25, 0.3) is 0 Å².